The SMILES string of the molecule is CC(=O)Nc1ccc2nc(S[C@H](C)C(=O)Nc3nccs3)sc2c1. The zero-order valence-electron chi connectivity index (χ0n) is 12.9. The first-order valence-electron chi connectivity index (χ1n) is 7.06. The zero-order valence-corrected chi connectivity index (χ0v) is 15.3. The molecule has 0 radical (unpaired) electrons. The third kappa shape index (κ3) is 4.11. The second-order valence-corrected chi connectivity index (χ2v) is 8.44. The van der Waals surface area contributed by atoms with Crippen LogP contribution in [0.2, 0.25) is 0 Å². The molecule has 0 fully saturated rings. The first-order valence-corrected chi connectivity index (χ1v) is 9.64. The van der Waals surface area contributed by atoms with E-state index < -0.39 is 0 Å². The van der Waals surface area contributed by atoms with E-state index in [1.165, 1.54) is 41.4 Å². The number of carbonyl (C=O) groups excluding carboxylic acids is 2. The van der Waals surface area contributed by atoms with Gasteiger partial charge in [0, 0.05) is 24.2 Å². The molecule has 2 amide bonds. The Balaban J connectivity index is 1.70. The van der Waals surface area contributed by atoms with Gasteiger partial charge in [-0.3, -0.25) is 9.59 Å². The normalized spacial score (nSPS) is 12.1. The van der Waals surface area contributed by atoms with Gasteiger partial charge in [0.15, 0.2) is 9.47 Å². The molecule has 0 unspecified atom stereocenters. The van der Waals surface area contributed by atoms with Gasteiger partial charge in [0.25, 0.3) is 0 Å². The van der Waals surface area contributed by atoms with E-state index >= 15 is 0 Å². The number of fused-ring (bicyclic) bond motifs is 1. The Morgan fingerprint density at radius 1 is 1.29 bits per heavy atom. The molecule has 3 rings (SSSR count). The average Bonchev–Trinajstić information content (AvgIpc) is 3.15. The standard InChI is InChI=1S/C15H14N4O2S3/c1-8(13(21)19-14-16-5-6-22-14)23-15-18-11-4-3-10(17-9(2)20)7-12(11)24-15/h3-8H,1-2H3,(H,17,20)(H,16,19,21)/t8-/m1/s1. The summed E-state index contributed by atoms with van der Waals surface area (Å²) in [6.45, 7) is 3.31. The second kappa shape index (κ2) is 7.29. The third-order valence-corrected chi connectivity index (χ3v) is 5.90. The topological polar surface area (TPSA) is 84.0 Å². The Hall–Kier alpha value is -1.97. The highest BCUT2D eigenvalue weighted by atomic mass is 32.2. The molecule has 0 saturated heterocycles. The van der Waals surface area contributed by atoms with Gasteiger partial charge < -0.3 is 10.6 Å². The lowest BCUT2D eigenvalue weighted by Crippen LogP contribution is -2.22. The molecule has 124 valence electrons. The quantitative estimate of drug-likeness (QED) is 0.659. The van der Waals surface area contributed by atoms with Crippen molar-refractivity contribution in [2.24, 2.45) is 0 Å². The number of anilines is 2. The highest BCUT2D eigenvalue weighted by Crippen LogP contribution is 2.33. The summed E-state index contributed by atoms with van der Waals surface area (Å²) in [6, 6.07) is 5.57. The van der Waals surface area contributed by atoms with Gasteiger partial charge in [-0.05, 0) is 25.1 Å². The molecule has 0 aliphatic carbocycles. The fourth-order valence-electron chi connectivity index (χ4n) is 1.93. The van der Waals surface area contributed by atoms with Crippen LogP contribution in [0.25, 0.3) is 10.2 Å². The Morgan fingerprint density at radius 3 is 2.83 bits per heavy atom. The Bertz CT molecular complexity index is 876. The maximum absolute atomic E-state index is 12.2. The van der Waals surface area contributed by atoms with Gasteiger partial charge in [0.2, 0.25) is 11.8 Å². The molecule has 1 atom stereocenters. The molecule has 2 N–H and O–H groups in total. The molecule has 2 aromatic heterocycles. The van der Waals surface area contributed by atoms with Crippen LogP contribution >= 0.6 is 34.4 Å². The minimum absolute atomic E-state index is 0.104. The Labute approximate surface area is 150 Å². The van der Waals surface area contributed by atoms with Gasteiger partial charge in [0.1, 0.15) is 0 Å². The largest absolute Gasteiger partial charge is 0.326 e. The molecule has 0 saturated carbocycles. The average molecular weight is 379 g/mol. The predicted molar refractivity (Wildman–Crippen MR) is 100.0 cm³/mol. The number of aromatic nitrogens is 2. The lowest BCUT2D eigenvalue weighted by molar-refractivity contribution is -0.115. The van der Waals surface area contributed by atoms with Crippen molar-refractivity contribution in [3.8, 4) is 0 Å². The molecule has 9 heteroatoms. The fourth-order valence-corrected chi connectivity index (χ4v) is 4.71. The van der Waals surface area contributed by atoms with E-state index in [0.717, 1.165) is 20.2 Å². The first-order chi connectivity index (χ1) is 11.5. The summed E-state index contributed by atoms with van der Waals surface area (Å²) in [5.74, 6) is -0.214. The van der Waals surface area contributed by atoms with Crippen LogP contribution in [0.4, 0.5) is 10.8 Å². The van der Waals surface area contributed by atoms with Crippen LogP contribution in [0.5, 0.6) is 0 Å². The van der Waals surface area contributed by atoms with Crippen LogP contribution in [-0.4, -0.2) is 27.0 Å². The summed E-state index contributed by atoms with van der Waals surface area (Å²) in [5.41, 5.74) is 1.59. The molecule has 6 nitrogen and oxygen atoms in total. The minimum atomic E-state index is -0.288. The van der Waals surface area contributed by atoms with Crippen LogP contribution in [-0.2, 0) is 9.59 Å². The van der Waals surface area contributed by atoms with Crippen LogP contribution in [0.3, 0.4) is 0 Å². The maximum Gasteiger partial charge on any atom is 0.239 e. The van der Waals surface area contributed by atoms with Crippen LogP contribution in [0.1, 0.15) is 13.8 Å². The van der Waals surface area contributed by atoms with E-state index in [4.69, 9.17) is 0 Å². The van der Waals surface area contributed by atoms with Crippen molar-refractivity contribution in [2.45, 2.75) is 23.4 Å². The monoisotopic (exact) mass is 378 g/mol. The number of carbonyl (C=O) groups is 2. The van der Waals surface area contributed by atoms with E-state index in [9.17, 15) is 9.59 Å². The summed E-state index contributed by atoms with van der Waals surface area (Å²) in [6.07, 6.45) is 1.65. The number of amides is 2. The van der Waals surface area contributed by atoms with E-state index in [-0.39, 0.29) is 17.1 Å². The second-order valence-electron chi connectivity index (χ2n) is 4.93. The summed E-state index contributed by atoms with van der Waals surface area (Å²) in [5, 5.41) is 7.66. The highest BCUT2D eigenvalue weighted by molar-refractivity contribution is 8.02. The Morgan fingerprint density at radius 2 is 2.12 bits per heavy atom. The van der Waals surface area contributed by atoms with Gasteiger partial charge in [-0.25, -0.2) is 9.97 Å². The number of nitrogens with zero attached hydrogens (tertiary/aromatic N) is 2. The molecule has 1 aromatic carbocycles. The summed E-state index contributed by atoms with van der Waals surface area (Å²) in [4.78, 5) is 31.9. The van der Waals surface area contributed by atoms with Crippen LogP contribution < -0.4 is 10.6 Å². The van der Waals surface area contributed by atoms with Gasteiger partial charge in [-0.1, -0.05) is 11.8 Å². The minimum Gasteiger partial charge on any atom is -0.326 e. The van der Waals surface area contributed by atoms with Gasteiger partial charge in [0.05, 0.1) is 15.5 Å². The smallest absolute Gasteiger partial charge is 0.239 e. The number of thioether (sulfide) groups is 1. The molecule has 0 spiro atoms. The predicted octanol–water partition coefficient (Wildman–Crippen LogP) is 3.83. The summed E-state index contributed by atoms with van der Waals surface area (Å²) < 4.78 is 1.78. The molecule has 0 bridgehead atoms. The van der Waals surface area contributed by atoms with Crippen molar-refractivity contribution >= 4 is 67.3 Å². The molecule has 3 aromatic rings. The molecular formula is C15H14N4O2S3. The van der Waals surface area contributed by atoms with Crippen LogP contribution in [0.15, 0.2) is 34.1 Å². The third-order valence-electron chi connectivity index (χ3n) is 3.00. The van der Waals surface area contributed by atoms with Crippen molar-refractivity contribution in [1.29, 1.82) is 0 Å². The van der Waals surface area contributed by atoms with Gasteiger partial charge in [-0.2, -0.15) is 0 Å². The lowest BCUT2D eigenvalue weighted by Gasteiger charge is -2.07. The number of nitrogens with one attached hydrogen (secondary N) is 2. The van der Waals surface area contributed by atoms with Gasteiger partial charge in [-0.15, -0.1) is 22.7 Å². The van der Waals surface area contributed by atoms with Crippen molar-refractivity contribution in [2.75, 3.05) is 10.6 Å². The number of benzene rings is 1. The number of rotatable bonds is 5. The summed E-state index contributed by atoms with van der Waals surface area (Å²) in [7, 11) is 0. The lowest BCUT2D eigenvalue weighted by atomic mass is 10.3. The van der Waals surface area contributed by atoms with E-state index in [1.807, 2.05) is 30.5 Å². The first kappa shape index (κ1) is 16.9. The number of hydrogen-bond donors (Lipinski definition) is 2. The van der Waals surface area contributed by atoms with Gasteiger partial charge >= 0.3 is 0 Å². The maximum atomic E-state index is 12.2. The van der Waals surface area contributed by atoms with Crippen molar-refractivity contribution in [3.63, 3.8) is 0 Å². The highest BCUT2D eigenvalue weighted by Gasteiger charge is 2.18. The Kier molecular flexibility index (Phi) is 5.12. The van der Waals surface area contributed by atoms with Crippen molar-refractivity contribution < 1.29 is 9.59 Å². The molecular weight excluding hydrogens is 364 g/mol. The molecule has 2 heterocycles. The molecule has 24 heavy (non-hydrogen) atoms. The van der Waals surface area contributed by atoms with Crippen molar-refractivity contribution in [1.82, 2.24) is 9.97 Å². The molecule has 0 aliphatic rings. The molecule has 0 aliphatic heterocycles. The van der Waals surface area contributed by atoms with E-state index in [2.05, 4.69) is 20.6 Å². The van der Waals surface area contributed by atoms with E-state index in [0.29, 0.717) is 5.13 Å². The number of thiazole rings is 2. The number of hydrogen-bond acceptors (Lipinski definition) is 7. The zero-order chi connectivity index (χ0) is 17.1. The van der Waals surface area contributed by atoms with E-state index in [1.54, 1.807) is 6.20 Å². The fraction of sp³-hybridized carbons (Fsp3) is 0.200. The summed E-state index contributed by atoms with van der Waals surface area (Å²) >= 11 is 4.29. The van der Waals surface area contributed by atoms with Crippen molar-refractivity contribution in [3.05, 3.63) is 29.8 Å². The van der Waals surface area contributed by atoms with Crippen LogP contribution in [0, 0.1) is 0 Å².